The molecule has 0 unspecified atom stereocenters. The molecule has 147 heavy (non-hydrogen) atoms. The Hall–Kier alpha value is -17.4. The SMILES string of the molecule is C=CC(=O)NCc1cccc(-c2cccc3cc([C@H](C)Nc4nccc5scnc45)n(-c4ccccc4)c(=O)c23)c1.C[C@H](Nc1nccc2scnc12)c1cc2cccc(-c3ccc(CN=C=S)cc3)c2c(=O)n1-c1ccccc1.C[C@H](Nc1nccc2scnc12)c1cc2cccc(-c3cncc(N=C=S)c3)c2c(=O)n1-c1ccccc1.C[C@H](Nc1nccc2scnc12)c1cc2cccc(Cl)c2c(=O)n1-c1ccon1. The summed E-state index contributed by atoms with van der Waals surface area (Å²) in [6.07, 6.45) is 13.1. The molecule has 0 bridgehead atoms. The van der Waals surface area contributed by atoms with E-state index in [1.807, 2.05) is 287 Å². The van der Waals surface area contributed by atoms with Gasteiger partial charge < -0.3 is 31.1 Å². The number of thiocarbonyl (C=S) groups is 2. The molecule has 23 aromatic rings. The molecule has 9 aromatic carbocycles. The molecule has 5 N–H and O–H groups in total. The number of anilines is 4. The lowest BCUT2D eigenvalue weighted by atomic mass is 9.96. The van der Waals surface area contributed by atoms with Crippen LogP contribution in [-0.2, 0) is 17.9 Å². The number of pyridine rings is 9. The number of nitrogens with one attached hydrogen (secondary N) is 5. The van der Waals surface area contributed by atoms with E-state index in [2.05, 4.69) is 122 Å². The van der Waals surface area contributed by atoms with Crippen molar-refractivity contribution in [1.29, 1.82) is 0 Å². The van der Waals surface area contributed by atoms with E-state index in [1.165, 1.54) is 16.9 Å². The summed E-state index contributed by atoms with van der Waals surface area (Å²) in [5.74, 6) is 2.86. The van der Waals surface area contributed by atoms with E-state index >= 15 is 0 Å². The molecular weight excluding hydrogens is 1980 g/mol. The first-order valence-electron chi connectivity index (χ1n) is 46.4. The third-order valence-electron chi connectivity index (χ3n) is 24.8. The number of halogens is 1. The van der Waals surface area contributed by atoms with Crippen LogP contribution in [0.1, 0.15) is 85.8 Å². The van der Waals surface area contributed by atoms with Gasteiger partial charge in [-0.25, -0.2) is 44.9 Å². The standard InChI is InChI=1S/C33H27N5O2S.C31H23N5OS2.C29H20N6OS2.C20H14ClN5O2S/c1-3-29(39)35-19-22-9-7-10-23(17-22)26-14-8-11-24-18-27(38(33(40)30(24)26)25-12-5-4-6-13-25)21(2)37-32-31-28(15-16-34-32)41-20-36-31;1-20(35-30-29-27(14-15-33-30)39-19-34-29)26-16-23-6-5-9-25(22-12-10-21(11-13-22)17-32-18-38)28(23)31(37)36(26)24-7-3-2-4-8-24;1-18(34-28-27-25(10-11-31-28)38-17-33-27)24-13-19-6-5-9-23(20-12-21(32-16-37)15-30-14-20)26(19)29(36)35(24)22-7-3-2-4-8-22;1-11(24-19-18-15(5-7-22-19)29-10-23-18)14-9-12-3-2-4-13(21)17(12)20(27)26(14)16-6-8-28-25-16/h3-18,20-21H,1,19H2,2H3,(H,34,37)(H,35,39);2-16,19-20H,17H2,1H3,(H,33,35);2-15,17-18H,1H3,(H,31,34);2-11H,1H3,(H,22,24)/t21-;20-;18-;11-/m0000/s1. The van der Waals surface area contributed by atoms with Gasteiger partial charge in [-0.3, -0.25) is 47.2 Å². The van der Waals surface area contributed by atoms with Crippen LogP contribution >= 0.6 is 81.4 Å². The van der Waals surface area contributed by atoms with Gasteiger partial charge in [0.15, 0.2) is 29.1 Å². The summed E-state index contributed by atoms with van der Waals surface area (Å²) in [7, 11) is 0. The third-order valence-corrected chi connectivity index (χ3v) is 28.5. The summed E-state index contributed by atoms with van der Waals surface area (Å²) < 4.78 is 16.0. The molecule has 0 aliphatic rings. The van der Waals surface area contributed by atoms with Crippen molar-refractivity contribution in [2.75, 3.05) is 21.3 Å². The van der Waals surface area contributed by atoms with Gasteiger partial charge in [0, 0.05) is 83.3 Å². The number of hydrogen-bond acceptors (Lipinski definition) is 28. The van der Waals surface area contributed by atoms with Crippen LogP contribution in [0.15, 0.2) is 385 Å². The van der Waals surface area contributed by atoms with Crippen LogP contribution < -0.4 is 48.8 Å². The van der Waals surface area contributed by atoms with Gasteiger partial charge in [-0.1, -0.05) is 187 Å². The van der Waals surface area contributed by atoms with E-state index in [0.29, 0.717) is 80.1 Å². The van der Waals surface area contributed by atoms with Crippen molar-refractivity contribution in [2.45, 2.75) is 65.0 Å². The average molecular weight is 2060 g/mol. The maximum Gasteiger partial charge on any atom is 0.266 e. The minimum atomic E-state index is -0.275. The van der Waals surface area contributed by atoms with Gasteiger partial charge in [0.25, 0.3) is 22.2 Å². The van der Waals surface area contributed by atoms with Crippen molar-refractivity contribution in [1.82, 2.24) is 73.6 Å². The number of fused-ring (bicyclic) bond motifs is 8. The molecule has 14 aromatic heterocycles. The van der Waals surface area contributed by atoms with Crippen molar-refractivity contribution < 1.29 is 9.32 Å². The average Bonchev–Trinajstić information content (AvgIpc) is 1.72. The normalized spacial score (nSPS) is 12.0. The van der Waals surface area contributed by atoms with Crippen LogP contribution in [0.25, 0.3) is 140 Å². The van der Waals surface area contributed by atoms with Crippen molar-refractivity contribution in [3.8, 4) is 56.3 Å². The molecule has 27 nitrogen and oxygen atoms in total. The molecule has 1 amide bonds. The second-order valence-electron chi connectivity index (χ2n) is 34.0. The number of benzene rings is 9. The molecule has 0 aliphatic carbocycles. The third kappa shape index (κ3) is 20.4. The monoisotopic (exact) mass is 2060 g/mol. The number of para-hydroxylation sites is 3. The maximum atomic E-state index is 14.5. The van der Waals surface area contributed by atoms with Crippen LogP contribution in [0.3, 0.4) is 0 Å². The number of nitrogens with zero attached hydrogens (tertiary/aromatic N) is 16. The molecular formula is C113H84ClN21O6S6. The minimum absolute atomic E-state index is 0.0767. The van der Waals surface area contributed by atoms with E-state index in [1.54, 1.807) is 114 Å². The van der Waals surface area contributed by atoms with E-state index in [-0.39, 0.29) is 52.3 Å². The Balaban J connectivity index is 0.000000120. The number of rotatable bonds is 25. The number of aliphatic imine (C=N–C) groups is 2. The van der Waals surface area contributed by atoms with Crippen molar-refractivity contribution in [3.05, 3.63) is 431 Å². The largest absolute Gasteiger partial charge is 0.363 e. The predicted octanol–water partition coefficient (Wildman–Crippen LogP) is 25.9. The number of amides is 1. The highest BCUT2D eigenvalue weighted by Crippen LogP contribution is 2.40. The van der Waals surface area contributed by atoms with Crippen molar-refractivity contribution in [2.24, 2.45) is 9.98 Å². The second kappa shape index (κ2) is 43.8. The highest BCUT2D eigenvalue weighted by atomic mass is 35.5. The molecule has 0 aliphatic heterocycles. The number of carbonyl (C=O) groups excluding carboxylic acids is 1. The number of carbonyl (C=O) groups is 1. The topological polar surface area (TPSA) is 332 Å². The van der Waals surface area contributed by atoms with Gasteiger partial charge in [0.05, 0.1) is 126 Å². The molecule has 0 radical (unpaired) electrons. The molecule has 0 spiro atoms. The van der Waals surface area contributed by atoms with E-state index in [9.17, 15) is 24.0 Å². The fourth-order valence-corrected chi connectivity index (χ4v) is 21.1. The van der Waals surface area contributed by atoms with Gasteiger partial charge in [-0.05, 0) is 222 Å². The summed E-state index contributed by atoms with van der Waals surface area (Å²) in [6, 6.07) is 86.5. The molecule has 23 rings (SSSR count). The number of hydrogen-bond donors (Lipinski definition) is 5. The lowest BCUT2D eigenvalue weighted by molar-refractivity contribution is -0.116. The highest BCUT2D eigenvalue weighted by molar-refractivity contribution is 7.78. The minimum Gasteiger partial charge on any atom is -0.363 e. The van der Waals surface area contributed by atoms with Gasteiger partial charge in [-0.15, -0.1) is 45.3 Å². The molecule has 34 heteroatoms. The highest BCUT2D eigenvalue weighted by Gasteiger charge is 2.28. The Bertz CT molecular complexity index is 9290. The zero-order valence-electron chi connectivity index (χ0n) is 78.8. The second-order valence-corrected chi connectivity index (χ2v) is 38.3. The van der Waals surface area contributed by atoms with Gasteiger partial charge in [0.1, 0.15) is 28.3 Å². The summed E-state index contributed by atoms with van der Waals surface area (Å²) in [5.41, 5.74) is 23.0. The zero-order chi connectivity index (χ0) is 101. The first kappa shape index (κ1) is 97.1. The fraction of sp³-hybridized carbons (Fsp3) is 0.0885. The zero-order valence-corrected chi connectivity index (χ0v) is 84.4. The van der Waals surface area contributed by atoms with Crippen LogP contribution in [0.5, 0.6) is 0 Å². The molecule has 4 atom stereocenters. The first-order valence-corrected chi connectivity index (χ1v) is 51.1. The Labute approximate surface area is 870 Å². The number of isothiocyanates is 2. The smallest absolute Gasteiger partial charge is 0.266 e. The molecule has 0 fully saturated rings. The lowest BCUT2D eigenvalue weighted by Crippen LogP contribution is -2.26. The summed E-state index contributed by atoms with van der Waals surface area (Å²) in [4.78, 5) is 116. The number of thiazole rings is 4. The Kier molecular flexibility index (Phi) is 29.0. The lowest BCUT2D eigenvalue weighted by Gasteiger charge is -2.22. The Morgan fingerprint density at radius 1 is 0.415 bits per heavy atom. The van der Waals surface area contributed by atoms with Crippen molar-refractivity contribution >= 4 is 211 Å². The number of aromatic nitrogens is 14. The molecule has 0 saturated heterocycles. The van der Waals surface area contributed by atoms with E-state index in [4.69, 9.17) is 40.6 Å². The van der Waals surface area contributed by atoms with E-state index < -0.39 is 0 Å². The van der Waals surface area contributed by atoms with Crippen LogP contribution in [0, 0.1) is 0 Å². The fourth-order valence-electron chi connectivity index (χ4n) is 18.0. The maximum absolute atomic E-state index is 14.5. The first-order chi connectivity index (χ1) is 71.9. The van der Waals surface area contributed by atoms with Crippen LogP contribution in [0.2, 0.25) is 5.02 Å². The summed E-state index contributed by atoms with van der Waals surface area (Å²) in [6.45, 7) is 12.4. The van der Waals surface area contributed by atoms with Crippen molar-refractivity contribution in [3.63, 3.8) is 0 Å². The molecule has 14 heterocycles. The van der Waals surface area contributed by atoms with Crippen LogP contribution in [0.4, 0.5) is 29.0 Å². The van der Waals surface area contributed by atoms with E-state index in [0.717, 1.165) is 141 Å². The Morgan fingerprint density at radius 2 is 0.810 bits per heavy atom. The summed E-state index contributed by atoms with van der Waals surface area (Å²) >= 11 is 22.0. The quantitative estimate of drug-likeness (QED) is 0.0202. The Morgan fingerprint density at radius 3 is 1.22 bits per heavy atom. The van der Waals surface area contributed by atoms with Gasteiger partial charge in [-0.2, -0.15) is 4.99 Å². The summed E-state index contributed by atoms with van der Waals surface area (Å²) in [5, 5.41) is 31.5. The van der Waals surface area contributed by atoms with Gasteiger partial charge >= 0.3 is 0 Å². The predicted molar refractivity (Wildman–Crippen MR) is 601 cm³/mol. The van der Waals surface area contributed by atoms with Gasteiger partial charge in [0.2, 0.25) is 5.91 Å². The molecule has 720 valence electrons. The molecule has 0 saturated carbocycles. The van der Waals surface area contributed by atoms with Crippen LogP contribution in [-0.4, -0.2) is 84.5 Å².